The van der Waals surface area contributed by atoms with Crippen LogP contribution < -0.4 is 0 Å². The van der Waals surface area contributed by atoms with Crippen molar-refractivity contribution in [1.29, 1.82) is 0 Å². The third-order valence-electron chi connectivity index (χ3n) is 2.78. The second-order valence-electron chi connectivity index (χ2n) is 4.14. The Kier molecular flexibility index (Phi) is 3.92. The van der Waals surface area contributed by atoms with Crippen molar-refractivity contribution in [3.05, 3.63) is 28.3 Å². The van der Waals surface area contributed by atoms with E-state index >= 15 is 0 Å². The molecule has 1 atom stereocenters. The first-order chi connectivity index (χ1) is 8.52. The van der Waals surface area contributed by atoms with Crippen LogP contribution in [0.1, 0.15) is 36.3 Å². The van der Waals surface area contributed by atoms with E-state index < -0.39 is 0 Å². The Hall–Kier alpha value is -1.07. The Morgan fingerprint density at radius 2 is 2.17 bits per heavy atom. The smallest absolute Gasteiger partial charge is 0.100 e. The van der Waals surface area contributed by atoms with Crippen LogP contribution in [0.3, 0.4) is 0 Å². The molecule has 0 spiro atoms. The van der Waals surface area contributed by atoms with Crippen LogP contribution in [-0.4, -0.2) is 24.8 Å². The molecule has 2 aromatic heterocycles. The molecule has 98 valence electrons. The lowest BCUT2D eigenvalue weighted by Gasteiger charge is -2.02. The molecular formula is C11H15Cl2N5. The molecular weight excluding hydrogens is 273 g/mol. The number of nitrogens with zero attached hydrogens (tertiary/aromatic N) is 5. The van der Waals surface area contributed by atoms with E-state index in [0.29, 0.717) is 11.6 Å². The summed E-state index contributed by atoms with van der Waals surface area (Å²) in [5, 5.41) is 13.0. The van der Waals surface area contributed by atoms with Crippen molar-refractivity contribution in [2.24, 2.45) is 7.05 Å². The van der Waals surface area contributed by atoms with Gasteiger partial charge in [-0.15, -0.1) is 16.7 Å². The van der Waals surface area contributed by atoms with Crippen molar-refractivity contribution >= 4 is 23.2 Å². The summed E-state index contributed by atoms with van der Waals surface area (Å²) in [6.07, 6.45) is 2.64. The number of hydrogen-bond donors (Lipinski definition) is 0. The van der Waals surface area contributed by atoms with Gasteiger partial charge in [-0.25, -0.2) is 4.68 Å². The Morgan fingerprint density at radius 3 is 2.67 bits per heavy atom. The lowest BCUT2D eigenvalue weighted by Crippen LogP contribution is -2.06. The van der Waals surface area contributed by atoms with E-state index in [4.69, 9.17) is 23.2 Å². The van der Waals surface area contributed by atoms with Crippen LogP contribution in [0, 0.1) is 0 Å². The SMILES string of the molecule is CCc1nn(C)c(Cn2cc(C(C)Cl)nn2)c1Cl. The summed E-state index contributed by atoms with van der Waals surface area (Å²) in [4.78, 5) is 0. The molecule has 0 N–H and O–H groups in total. The summed E-state index contributed by atoms with van der Waals surface area (Å²) in [6, 6.07) is 0. The molecule has 0 bridgehead atoms. The van der Waals surface area contributed by atoms with Gasteiger partial charge in [0.1, 0.15) is 5.69 Å². The van der Waals surface area contributed by atoms with Crippen LogP contribution >= 0.6 is 23.2 Å². The monoisotopic (exact) mass is 287 g/mol. The minimum atomic E-state index is -0.146. The molecule has 5 nitrogen and oxygen atoms in total. The van der Waals surface area contributed by atoms with E-state index in [1.807, 2.05) is 27.1 Å². The van der Waals surface area contributed by atoms with Gasteiger partial charge in [0.25, 0.3) is 0 Å². The molecule has 0 radical (unpaired) electrons. The molecule has 0 aliphatic heterocycles. The summed E-state index contributed by atoms with van der Waals surface area (Å²) in [5.74, 6) is 0. The van der Waals surface area contributed by atoms with Gasteiger partial charge in [-0.3, -0.25) is 4.68 Å². The van der Waals surface area contributed by atoms with Gasteiger partial charge >= 0.3 is 0 Å². The van der Waals surface area contributed by atoms with E-state index in [9.17, 15) is 0 Å². The van der Waals surface area contributed by atoms with Gasteiger partial charge in [0.15, 0.2) is 0 Å². The topological polar surface area (TPSA) is 48.5 Å². The molecule has 1 unspecified atom stereocenters. The summed E-state index contributed by atoms with van der Waals surface area (Å²) in [7, 11) is 1.88. The van der Waals surface area contributed by atoms with Gasteiger partial charge in [0.2, 0.25) is 0 Å². The van der Waals surface area contributed by atoms with Crippen molar-refractivity contribution in [3.8, 4) is 0 Å². The van der Waals surface area contributed by atoms with Crippen LogP contribution in [0.4, 0.5) is 0 Å². The van der Waals surface area contributed by atoms with Crippen molar-refractivity contribution in [2.75, 3.05) is 0 Å². The standard InChI is InChI=1S/C11H15Cl2N5/c1-4-8-11(13)10(17(3)15-8)6-18-5-9(7(2)12)14-16-18/h5,7H,4,6H2,1-3H3. The van der Waals surface area contributed by atoms with E-state index in [-0.39, 0.29) is 5.38 Å². The molecule has 2 heterocycles. The second-order valence-corrected chi connectivity index (χ2v) is 5.17. The van der Waals surface area contributed by atoms with Crippen LogP contribution in [-0.2, 0) is 20.0 Å². The van der Waals surface area contributed by atoms with Gasteiger partial charge in [0.05, 0.1) is 34.5 Å². The van der Waals surface area contributed by atoms with Gasteiger partial charge in [-0.2, -0.15) is 5.10 Å². The zero-order valence-electron chi connectivity index (χ0n) is 10.6. The molecule has 0 aliphatic carbocycles. The average molecular weight is 288 g/mol. The maximum Gasteiger partial charge on any atom is 0.100 e. The maximum atomic E-state index is 6.28. The number of rotatable bonds is 4. The number of aromatic nitrogens is 5. The molecule has 2 rings (SSSR count). The van der Waals surface area contributed by atoms with Crippen LogP contribution in [0.25, 0.3) is 0 Å². The highest BCUT2D eigenvalue weighted by Crippen LogP contribution is 2.22. The molecule has 0 saturated heterocycles. The highest BCUT2D eigenvalue weighted by Gasteiger charge is 2.14. The van der Waals surface area contributed by atoms with E-state index in [1.54, 1.807) is 9.36 Å². The Morgan fingerprint density at radius 1 is 1.44 bits per heavy atom. The van der Waals surface area contributed by atoms with Crippen molar-refractivity contribution in [3.63, 3.8) is 0 Å². The minimum absolute atomic E-state index is 0.146. The molecule has 7 heteroatoms. The normalized spacial score (nSPS) is 12.9. The summed E-state index contributed by atoms with van der Waals surface area (Å²) < 4.78 is 3.50. The van der Waals surface area contributed by atoms with E-state index in [2.05, 4.69) is 15.4 Å². The molecule has 0 fully saturated rings. The summed E-state index contributed by atoms with van der Waals surface area (Å²) in [6.45, 7) is 4.43. The summed E-state index contributed by atoms with van der Waals surface area (Å²) in [5.41, 5.74) is 2.58. The number of alkyl halides is 1. The number of halogens is 2. The fourth-order valence-electron chi connectivity index (χ4n) is 1.72. The highest BCUT2D eigenvalue weighted by molar-refractivity contribution is 6.31. The zero-order chi connectivity index (χ0) is 13.3. The quantitative estimate of drug-likeness (QED) is 0.812. The van der Waals surface area contributed by atoms with Crippen molar-refractivity contribution in [1.82, 2.24) is 24.8 Å². The summed E-state index contributed by atoms with van der Waals surface area (Å²) >= 11 is 12.2. The van der Waals surface area contributed by atoms with E-state index in [1.165, 1.54) is 0 Å². The predicted molar refractivity (Wildman–Crippen MR) is 71.0 cm³/mol. The molecule has 0 saturated carbocycles. The molecule has 0 amide bonds. The molecule has 18 heavy (non-hydrogen) atoms. The lowest BCUT2D eigenvalue weighted by atomic mass is 10.3. The van der Waals surface area contributed by atoms with Gasteiger partial charge in [-0.1, -0.05) is 23.7 Å². The first-order valence-electron chi connectivity index (χ1n) is 5.77. The molecule has 0 aromatic carbocycles. The number of aryl methyl sites for hydroxylation is 2. The van der Waals surface area contributed by atoms with Crippen molar-refractivity contribution in [2.45, 2.75) is 32.2 Å². The fourth-order valence-corrected chi connectivity index (χ4v) is 2.17. The van der Waals surface area contributed by atoms with Crippen molar-refractivity contribution < 1.29 is 0 Å². The molecule has 2 aromatic rings. The maximum absolute atomic E-state index is 6.28. The van der Waals surface area contributed by atoms with E-state index in [0.717, 1.165) is 23.5 Å². The average Bonchev–Trinajstić information content (AvgIpc) is 2.89. The first-order valence-corrected chi connectivity index (χ1v) is 6.58. The Bertz CT molecular complexity index is 544. The lowest BCUT2D eigenvalue weighted by molar-refractivity contribution is 0.598. The van der Waals surface area contributed by atoms with Crippen LogP contribution in [0.2, 0.25) is 5.02 Å². The highest BCUT2D eigenvalue weighted by atomic mass is 35.5. The van der Waals surface area contributed by atoms with Gasteiger partial charge < -0.3 is 0 Å². The first kappa shape index (κ1) is 13.4. The van der Waals surface area contributed by atoms with Crippen LogP contribution in [0.5, 0.6) is 0 Å². The van der Waals surface area contributed by atoms with Gasteiger partial charge in [-0.05, 0) is 13.3 Å². The third kappa shape index (κ3) is 2.52. The Labute approximate surface area is 116 Å². The fraction of sp³-hybridized carbons (Fsp3) is 0.545. The third-order valence-corrected chi connectivity index (χ3v) is 3.44. The van der Waals surface area contributed by atoms with Crippen LogP contribution in [0.15, 0.2) is 6.20 Å². The minimum Gasteiger partial charge on any atom is -0.269 e. The zero-order valence-corrected chi connectivity index (χ0v) is 12.1. The Balaban J connectivity index is 2.25. The predicted octanol–water partition coefficient (Wildman–Crippen LogP) is 2.58. The number of hydrogen-bond acceptors (Lipinski definition) is 3. The molecule has 0 aliphatic rings. The largest absolute Gasteiger partial charge is 0.269 e. The second kappa shape index (κ2) is 5.28. The van der Waals surface area contributed by atoms with Gasteiger partial charge in [0, 0.05) is 7.05 Å².